The minimum Gasteiger partial charge on any atom is -0.491 e. The number of hydrogen-bond donors (Lipinski definition) is 2. The number of fused-ring (bicyclic) bond motifs is 2. The number of anilines is 4. The Balaban J connectivity index is 1.07. The quantitative estimate of drug-likeness (QED) is 0.343. The third-order valence-corrected chi connectivity index (χ3v) is 9.54. The highest BCUT2D eigenvalue weighted by atomic mass is 16.5. The lowest BCUT2D eigenvalue weighted by Gasteiger charge is -2.43. The molecule has 11 heteroatoms. The minimum atomic E-state index is -0.239. The zero-order valence-corrected chi connectivity index (χ0v) is 26.6. The molecule has 2 unspecified atom stereocenters. The van der Waals surface area contributed by atoms with E-state index in [-0.39, 0.29) is 30.0 Å². The molecule has 1 saturated carbocycles. The number of rotatable bonds is 9. The SMILES string of the molecule is CCC1C(=O)N(C)c2cnc(Nc3ccc(C(=O)NCC4C=[N+](Cc5ccccc5)CCO4)c4c3OCC4)nc2N1C1CCCC1. The molecule has 7 rings (SSSR count). The van der Waals surface area contributed by atoms with Crippen molar-refractivity contribution >= 4 is 41.2 Å². The van der Waals surface area contributed by atoms with Gasteiger partial charge in [-0.3, -0.25) is 9.59 Å². The molecule has 2 atom stereocenters. The van der Waals surface area contributed by atoms with Crippen LogP contribution in [0.15, 0.2) is 48.7 Å². The summed E-state index contributed by atoms with van der Waals surface area (Å²) in [6, 6.07) is 14.1. The van der Waals surface area contributed by atoms with Crippen LogP contribution in [0.2, 0.25) is 0 Å². The Labute approximate surface area is 269 Å². The number of benzene rings is 2. The number of nitrogens with zero attached hydrogens (tertiary/aromatic N) is 5. The summed E-state index contributed by atoms with van der Waals surface area (Å²) in [4.78, 5) is 40.1. The zero-order valence-electron chi connectivity index (χ0n) is 26.6. The number of aromatic nitrogens is 2. The van der Waals surface area contributed by atoms with E-state index in [0.717, 1.165) is 55.8 Å². The normalized spacial score (nSPS) is 21.0. The molecule has 2 aromatic carbocycles. The van der Waals surface area contributed by atoms with E-state index in [1.165, 1.54) is 5.56 Å². The van der Waals surface area contributed by atoms with Crippen molar-refractivity contribution < 1.29 is 23.6 Å². The summed E-state index contributed by atoms with van der Waals surface area (Å²) in [7, 11) is 1.80. The standard InChI is InChI=1S/C35H41N7O4/c1-3-29-34(44)40(2)30-20-37-35(39-32(30)42(29)24-11-7-8-12-24)38-28-14-13-27(26-15-17-46-31(26)28)33(43)36-19-25-22-41(16-18-45-25)21-23-9-5-4-6-10-23/h4-6,9-10,13-14,20,22,24-25,29H,3,7-8,11-12,15-19,21H2,1-2H3,(H-,36,37,38,39,43)/p+1. The first-order chi connectivity index (χ1) is 22.5. The van der Waals surface area contributed by atoms with Crippen LogP contribution in [0.5, 0.6) is 5.75 Å². The Kier molecular flexibility index (Phi) is 8.57. The summed E-state index contributed by atoms with van der Waals surface area (Å²) in [5, 5.41) is 6.43. The Bertz CT molecular complexity index is 1640. The number of likely N-dealkylation sites (N-methyl/N-ethyl adjacent to an activating group) is 1. The molecule has 4 aliphatic rings. The van der Waals surface area contributed by atoms with Gasteiger partial charge in [0.25, 0.3) is 5.91 Å². The summed E-state index contributed by atoms with van der Waals surface area (Å²) < 4.78 is 14.2. The number of amides is 2. The smallest absolute Gasteiger partial charge is 0.251 e. The summed E-state index contributed by atoms with van der Waals surface area (Å²) in [5.41, 5.74) is 4.14. The predicted octanol–water partition coefficient (Wildman–Crippen LogP) is 4.07. The fraction of sp³-hybridized carbons (Fsp3) is 0.457. The average Bonchev–Trinajstić information content (AvgIpc) is 3.80. The van der Waals surface area contributed by atoms with Gasteiger partial charge in [0.15, 0.2) is 31.2 Å². The van der Waals surface area contributed by atoms with Crippen molar-refractivity contribution in [2.75, 3.05) is 48.5 Å². The molecule has 2 N–H and O–H groups in total. The minimum absolute atomic E-state index is 0.0868. The maximum Gasteiger partial charge on any atom is 0.251 e. The third kappa shape index (κ3) is 5.91. The van der Waals surface area contributed by atoms with E-state index >= 15 is 0 Å². The van der Waals surface area contributed by atoms with E-state index in [1.807, 2.05) is 30.3 Å². The van der Waals surface area contributed by atoms with Crippen LogP contribution in [0.25, 0.3) is 0 Å². The van der Waals surface area contributed by atoms with Crippen molar-refractivity contribution in [3.05, 3.63) is 65.4 Å². The third-order valence-electron chi connectivity index (χ3n) is 9.54. The van der Waals surface area contributed by atoms with Crippen molar-refractivity contribution in [1.29, 1.82) is 0 Å². The van der Waals surface area contributed by atoms with Gasteiger partial charge in [-0.15, -0.1) is 0 Å². The van der Waals surface area contributed by atoms with Gasteiger partial charge in [-0.05, 0) is 31.4 Å². The topological polar surface area (TPSA) is 112 Å². The van der Waals surface area contributed by atoms with Gasteiger partial charge in [0.05, 0.1) is 25.0 Å². The molecule has 0 spiro atoms. The van der Waals surface area contributed by atoms with E-state index in [9.17, 15) is 9.59 Å². The Morgan fingerprint density at radius 2 is 1.93 bits per heavy atom. The molecule has 2 amide bonds. The summed E-state index contributed by atoms with van der Waals surface area (Å²) in [6.45, 7) is 5.18. The van der Waals surface area contributed by atoms with E-state index in [4.69, 9.17) is 14.5 Å². The Hall–Kier alpha value is -4.51. The molecule has 1 fully saturated rings. The molecule has 3 aromatic rings. The van der Waals surface area contributed by atoms with Gasteiger partial charge < -0.3 is 29.9 Å². The first-order valence-corrected chi connectivity index (χ1v) is 16.5. The predicted molar refractivity (Wildman–Crippen MR) is 177 cm³/mol. The van der Waals surface area contributed by atoms with Crippen molar-refractivity contribution in [1.82, 2.24) is 15.3 Å². The molecule has 46 heavy (non-hydrogen) atoms. The summed E-state index contributed by atoms with van der Waals surface area (Å²) in [6.07, 6.45) is 9.39. The number of ether oxygens (including phenoxy) is 2. The van der Waals surface area contributed by atoms with Gasteiger partial charge in [0, 0.05) is 36.2 Å². The number of hydrogen-bond acceptors (Lipinski definition) is 8. The lowest BCUT2D eigenvalue weighted by Crippen LogP contribution is -2.55. The molecule has 1 aromatic heterocycles. The van der Waals surface area contributed by atoms with Crippen molar-refractivity contribution in [3.63, 3.8) is 0 Å². The molecule has 0 bridgehead atoms. The van der Waals surface area contributed by atoms with Gasteiger partial charge in [0.2, 0.25) is 11.9 Å². The van der Waals surface area contributed by atoms with Crippen molar-refractivity contribution in [3.8, 4) is 5.75 Å². The molecule has 4 heterocycles. The van der Waals surface area contributed by atoms with Gasteiger partial charge in [-0.1, -0.05) is 50.1 Å². The van der Waals surface area contributed by atoms with Crippen LogP contribution in [0, 0.1) is 0 Å². The first-order valence-electron chi connectivity index (χ1n) is 16.5. The van der Waals surface area contributed by atoms with Crippen molar-refractivity contribution in [2.24, 2.45) is 0 Å². The van der Waals surface area contributed by atoms with Gasteiger partial charge >= 0.3 is 0 Å². The second kappa shape index (κ2) is 13.1. The Morgan fingerprint density at radius 1 is 1.11 bits per heavy atom. The first kappa shape index (κ1) is 30.2. The van der Waals surface area contributed by atoms with E-state index < -0.39 is 0 Å². The van der Waals surface area contributed by atoms with E-state index in [0.29, 0.717) is 55.5 Å². The fourth-order valence-electron chi connectivity index (χ4n) is 7.19. The molecule has 1 aliphatic carbocycles. The fourth-order valence-corrected chi connectivity index (χ4v) is 7.19. The molecular formula is C35H42N7O4+. The van der Waals surface area contributed by atoms with E-state index in [2.05, 4.69) is 50.4 Å². The van der Waals surface area contributed by atoms with Crippen LogP contribution in [0.1, 0.15) is 60.5 Å². The zero-order chi connectivity index (χ0) is 31.6. The molecule has 11 nitrogen and oxygen atoms in total. The lowest BCUT2D eigenvalue weighted by atomic mass is 10.0. The molecule has 0 radical (unpaired) electrons. The molecule has 240 valence electrons. The second-order valence-electron chi connectivity index (χ2n) is 12.5. The monoisotopic (exact) mass is 624 g/mol. The van der Waals surface area contributed by atoms with Crippen LogP contribution in [0.4, 0.5) is 23.1 Å². The maximum absolute atomic E-state index is 13.4. The number of carbonyl (C=O) groups excluding carboxylic acids is 2. The summed E-state index contributed by atoms with van der Waals surface area (Å²) in [5.74, 6) is 1.80. The largest absolute Gasteiger partial charge is 0.491 e. The van der Waals surface area contributed by atoms with Gasteiger partial charge in [-0.25, -0.2) is 9.56 Å². The highest BCUT2D eigenvalue weighted by molar-refractivity contribution is 6.04. The van der Waals surface area contributed by atoms with Crippen LogP contribution in [-0.4, -0.2) is 84.1 Å². The van der Waals surface area contributed by atoms with Crippen molar-refractivity contribution in [2.45, 2.75) is 70.2 Å². The van der Waals surface area contributed by atoms with Gasteiger partial charge in [-0.2, -0.15) is 4.98 Å². The van der Waals surface area contributed by atoms with Gasteiger partial charge in [0.1, 0.15) is 24.1 Å². The molecule has 3 aliphatic heterocycles. The van der Waals surface area contributed by atoms with Crippen LogP contribution >= 0.6 is 0 Å². The average molecular weight is 625 g/mol. The van der Waals surface area contributed by atoms with E-state index in [1.54, 1.807) is 18.1 Å². The maximum atomic E-state index is 13.4. The Morgan fingerprint density at radius 3 is 2.74 bits per heavy atom. The number of nitrogens with one attached hydrogen (secondary N) is 2. The highest BCUT2D eigenvalue weighted by Gasteiger charge is 2.41. The summed E-state index contributed by atoms with van der Waals surface area (Å²) >= 11 is 0. The highest BCUT2D eigenvalue weighted by Crippen LogP contribution is 2.41. The number of carbonyl (C=O) groups is 2. The van der Waals surface area contributed by atoms with Crippen LogP contribution in [-0.2, 0) is 22.5 Å². The molecular weight excluding hydrogens is 582 g/mol. The second-order valence-corrected chi connectivity index (χ2v) is 12.5. The van der Waals surface area contributed by atoms with Crippen LogP contribution in [0.3, 0.4) is 0 Å². The van der Waals surface area contributed by atoms with Crippen LogP contribution < -0.4 is 25.2 Å². The molecule has 0 saturated heterocycles. The lowest BCUT2D eigenvalue weighted by molar-refractivity contribution is -0.552.